The molecule has 0 radical (unpaired) electrons. The number of aromatic nitrogens is 1. The lowest BCUT2D eigenvalue weighted by Crippen LogP contribution is -2.45. The first kappa shape index (κ1) is 25.3. The number of allylic oxidation sites excluding steroid dienone is 1. The SMILES string of the molecule is CCOC(=O)C(=CC(c1ccccc1)c1ncc(F)c(N2CCN(C)CC2)c1F)C(=O)OCC. The van der Waals surface area contributed by atoms with Crippen molar-refractivity contribution in [3.05, 3.63) is 71.1 Å². The fraction of sp³-hybridized carbons (Fsp3) is 0.400. The van der Waals surface area contributed by atoms with Gasteiger partial charge in [-0.1, -0.05) is 30.3 Å². The molecular formula is C25H29F2N3O4. The van der Waals surface area contributed by atoms with Gasteiger partial charge < -0.3 is 19.3 Å². The molecule has 1 unspecified atom stereocenters. The average molecular weight is 474 g/mol. The molecule has 1 aromatic carbocycles. The van der Waals surface area contributed by atoms with E-state index < -0.39 is 29.5 Å². The summed E-state index contributed by atoms with van der Waals surface area (Å²) in [6.07, 6.45) is 2.26. The van der Waals surface area contributed by atoms with E-state index in [9.17, 15) is 14.0 Å². The van der Waals surface area contributed by atoms with Gasteiger partial charge in [0.2, 0.25) is 0 Å². The first-order valence-electron chi connectivity index (χ1n) is 11.3. The summed E-state index contributed by atoms with van der Waals surface area (Å²) in [5, 5.41) is 0. The van der Waals surface area contributed by atoms with Crippen LogP contribution in [0.2, 0.25) is 0 Å². The van der Waals surface area contributed by atoms with Crippen LogP contribution in [-0.2, 0) is 19.1 Å². The molecule has 0 bridgehead atoms. The summed E-state index contributed by atoms with van der Waals surface area (Å²) in [7, 11) is 1.95. The number of carbonyl (C=O) groups excluding carboxylic acids is 2. The highest BCUT2D eigenvalue weighted by molar-refractivity contribution is 6.14. The van der Waals surface area contributed by atoms with E-state index >= 15 is 4.39 Å². The maximum absolute atomic E-state index is 15.9. The van der Waals surface area contributed by atoms with Gasteiger partial charge in [-0.25, -0.2) is 18.4 Å². The Morgan fingerprint density at radius 3 is 2.18 bits per heavy atom. The van der Waals surface area contributed by atoms with Gasteiger partial charge in [-0.3, -0.25) is 4.98 Å². The van der Waals surface area contributed by atoms with Crippen molar-refractivity contribution in [1.29, 1.82) is 0 Å². The highest BCUT2D eigenvalue weighted by Crippen LogP contribution is 2.34. The number of ether oxygens (including phenoxy) is 2. The van der Waals surface area contributed by atoms with Crippen LogP contribution < -0.4 is 4.90 Å². The smallest absolute Gasteiger partial charge is 0.345 e. The van der Waals surface area contributed by atoms with E-state index in [4.69, 9.17) is 9.47 Å². The summed E-state index contributed by atoms with van der Waals surface area (Å²) in [4.78, 5) is 32.9. The third-order valence-electron chi connectivity index (χ3n) is 5.57. The summed E-state index contributed by atoms with van der Waals surface area (Å²) in [5.41, 5.74) is -0.0750. The van der Waals surface area contributed by atoms with Crippen LogP contribution in [0.1, 0.15) is 31.0 Å². The minimum atomic E-state index is -0.961. The molecule has 1 aromatic heterocycles. The second-order valence-electron chi connectivity index (χ2n) is 7.85. The molecule has 1 aliphatic heterocycles. The fourth-order valence-corrected chi connectivity index (χ4v) is 3.80. The van der Waals surface area contributed by atoms with Crippen molar-refractivity contribution in [2.45, 2.75) is 19.8 Å². The number of benzene rings is 1. The van der Waals surface area contributed by atoms with Crippen molar-refractivity contribution >= 4 is 17.6 Å². The Labute approximate surface area is 198 Å². The lowest BCUT2D eigenvalue weighted by atomic mass is 9.92. The fourth-order valence-electron chi connectivity index (χ4n) is 3.80. The second-order valence-corrected chi connectivity index (χ2v) is 7.85. The lowest BCUT2D eigenvalue weighted by molar-refractivity contribution is -0.146. The van der Waals surface area contributed by atoms with E-state index in [0.717, 1.165) is 6.20 Å². The molecule has 34 heavy (non-hydrogen) atoms. The Morgan fingerprint density at radius 1 is 1.03 bits per heavy atom. The average Bonchev–Trinajstić information content (AvgIpc) is 2.82. The summed E-state index contributed by atoms with van der Waals surface area (Å²) in [6, 6.07) is 8.71. The zero-order chi connectivity index (χ0) is 24.7. The Bertz CT molecular complexity index is 1020. The molecule has 1 aliphatic rings. The van der Waals surface area contributed by atoms with Crippen LogP contribution in [0.25, 0.3) is 0 Å². The molecular weight excluding hydrogens is 444 g/mol. The van der Waals surface area contributed by atoms with Gasteiger partial charge in [0.25, 0.3) is 0 Å². The summed E-state index contributed by atoms with van der Waals surface area (Å²) in [5.74, 6) is -4.33. The van der Waals surface area contributed by atoms with Gasteiger partial charge in [0.05, 0.1) is 25.1 Å². The number of halogens is 2. The number of nitrogens with zero attached hydrogens (tertiary/aromatic N) is 3. The normalized spacial score (nSPS) is 14.9. The molecule has 0 N–H and O–H groups in total. The maximum Gasteiger partial charge on any atom is 0.345 e. The molecule has 0 amide bonds. The van der Waals surface area contributed by atoms with Crippen LogP contribution in [0.3, 0.4) is 0 Å². The van der Waals surface area contributed by atoms with E-state index in [2.05, 4.69) is 9.88 Å². The first-order valence-corrected chi connectivity index (χ1v) is 11.3. The number of esters is 2. The van der Waals surface area contributed by atoms with Crippen molar-refractivity contribution in [1.82, 2.24) is 9.88 Å². The highest BCUT2D eigenvalue weighted by atomic mass is 19.1. The van der Waals surface area contributed by atoms with Crippen molar-refractivity contribution in [2.24, 2.45) is 0 Å². The van der Waals surface area contributed by atoms with E-state index in [1.165, 1.54) is 6.08 Å². The molecule has 3 rings (SSSR count). The molecule has 182 valence electrons. The lowest BCUT2D eigenvalue weighted by Gasteiger charge is -2.34. The van der Waals surface area contributed by atoms with Crippen LogP contribution in [0.4, 0.5) is 14.5 Å². The molecule has 1 atom stereocenters. The van der Waals surface area contributed by atoms with Crippen LogP contribution in [0, 0.1) is 11.6 Å². The topological polar surface area (TPSA) is 72.0 Å². The quantitative estimate of drug-likeness (QED) is 0.252. The van der Waals surface area contributed by atoms with Gasteiger partial charge >= 0.3 is 11.9 Å². The van der Waals surface area contributed by atoms with Gasteiger partial charge in [-0.2, -0.15) is 0 Å². The van der Waals surface area contributed by atoms with Crippen LogP contribution >= 0.6 is 0 Å². The second kappa shape index (κ2) is 11.7. The maximum atomic E-state index is 15.9. The Hall–Kier alpha value is -3.33. The van der Waals surface area contributed by atoms with Crippen molar-refractivity contribution in [3.63, 3.8) is 0 Å². The predicted molar refractivity (Wildman–Crippen MR) is 123 cm³/mol. The van der Waals surface area contributed by atoms with Crippen molar-refractivity contribution in [2.75, 3.05) is 51.3 Å². The third-order valence-corrected chi connectivity index (χ3v) is 5.57. The van der Waals surface area contributed by atoms with Crippen LogP contribution in [0.5, 0.6) is 0 Å². The zero-order valence-corrected chi connectivity index (χ0v) is 19.6. The highest BCUT2D eigenvalue weighted by Gasteiger charge is 2.30. The molecule has 9 heteroatoms. The summed E-state index contributed by atoms with van der Waals surface area (Å²) >= 11 is 0. The minimum absolute atomic E-state index is 0.0439. The van der Waals surface area contributed by atoms with Gasteiger partial charge in [-0.05, 0) is 32.5 Å². The number of likely N-dealkylation sites (N-methyl/N-ethyl adjacent to an activating group) is 1. The number of pyridine rings is 1. The third kappa shape index (κ3) is 5.77. The number of anilines is 1. The van der Waals surface area contributed by atoms with Gasteiger partial charge in [0, 0.05) is 32.1 Å². The molecule has 2 heterocycles. The van der Waals surface area contributed by atoms with E-state index in [-0.39, 0.29) is 30.2 Å². The number of rotatable bonds is 8. The summed E-state index contributed by atoms with van der Waals surface area (Å²) < 4.78 is 40.7. The van der Waals surface area contributed by atoms with Gasteiger partial charge in [-0.15, -0.1) is 0 Å². The van der Waals surface area contributed by atoms with E-state index in [1.54, 1.807) is 49.1 Å². The molecule has 0 saturated carbocycles. The van der Waals surface area contributed by atoms with Gasteiger partial charge in [0.1, 0.15) is 11.3 Å². The minimum Gasteiger partial charge on any atom is -0.462 e. The summed E-state index contributed by atoms with van der Waals surface area (Å²) in [6.45, 7) is 5.54. The van der Waals surface area contributed by atoms with Gasteiger partial charge in [0.15, 0.2) is 11.6 Å². The van der Waals surface area contributed by atoms with Crippen LogP contribution in [0.15, 0.2) is 48.2 Å². The number of piperazine rings is 1. The molecule has 2 aromatic rings. The Kier molecular flexibility index (Phi) is 8.70. The van der Waals surface area contributed by atoms with Crippen LogP contribution in [-0.4, -0.2) is 68.3 Å². The molecule has 0 aliphatic carbocycles. The van der Waals surface area contributed by atoms with Crippen molar-refractivity contribution < 1.29 is 27.8 Å². The Balaban J connectivity index is 2.15. The molecule has 7 nitrogen and oxygen atoms in total. The Morgan fingerprint density at radius 2 is 1.62 bits per heavy atom. The molecule has 1 saturated heterocycles. The number of hydrogen-bond donors (Lipinski definition) is 0. The van der Waals surface area contributed by atoms with E-state index in [0.29, 0.717) is 31.7 Å². The monoisotopic (exact) mass is 473 g/mol. The predicted octanol–water partition coefficient (Wildman–Crippen LogP) is 3.30. The number of hydrogen-bond acceptors (Lipinski definition) is 7. The number of carbonyl (C=O) groups is 2. The molecule has 1 fully saturated rings. The first-order chi connectivity index (χ1) is 16.4. The van der Waals surface area contributed by atoms with Crippen molar-refractivity contribution in [3.8, 4) is 0 Å². The zero-order valence-electron chi connectivity index (χ0n) is 19.6. The van der Waals surface area contributed by atoms with E-state index in [1.807, 2.05) is 7.05 Å². The largest absolute Gasteiger partial charge is 0.462 e. The standard InChI is InChI=1S/C25H29F2N3O4/c1-4-33-24(31)19(25(32)34-5-2)15-18(17-9-7-6-8-10-17)22-21(27)23(20(26)16-28-22)30-13-11-29(3)12-14-30/h6-10,15-16,18H,4-5,11-14H2,1-3H3. The molecule has 0 spiro atoms.